The van der Waals surface area contributed by atoms with Crippen molar-refractivity contribution in [2.45, 2.75) is 64.8 Å². The summed E-state index contributed by atoms with van der Waals surface area (Å²) in [5.41, 5.74) is 4.45. The van der Waals surface area contributed by atoms with Crippen LogP contribution in [-0.2, 0) is 13.0 Å². The summed E-state index contributed by atoms with van der Waals surface area (Å²) in [7, 11) is 2.19. The molecule has 1 unspecified atom stereocenters. The smallest absolute Gasteiger partial charge is 0.251 e. The highest BCUT2D eigenvalue weighted by Gasteiger charge is 2.18. The van der Waals surface area contributed by atoms with E-state index in [1.807, 2.05) is 18.2 Å². The Labute approximate surface area is 218 Å². The Bertz CT molecular complexity index is 976. The van der Waals surface area contributed by atoms with Crippen LogP contribution in [0.3, 0.4) is 0 Å². The van der Waals surface area contributed by atoms with Crippen molar-refractivity contribution < 1.29 is 9.53 Å². The highest BCUT2D eigenvalue weighted by Crippen LogP contribution is 2.25. The Hall–Kier alpha value is -2.37. The second kappa shape index (κ2) is 13.8. The van der Waals surface area contributed by atoms with E-state index in [-0.39, 0.29) is 5.91 Å². The number of hydrogen-bond acceptors (Lipinski definition) is 4. The lowest BCUT2D eigenvalue weighted by Gasteiger charge is -2.29. The molecule has 196 valence electrons. The first-order valence-electron chi connectivity index (χ1n) is 14.1. The lowest BCUT2D eigenvalue weighted by molar-refractivity contribution is 0.0948. The lowest BCUT2D eigenvalue weighted by atomic mass is 9.95. The van der Waals surface area contributed by atoms with Crippen LogP contribution in [0.15, 0.2) is 42.5 Å². The van der Waals surface area contributed by atoms with Crippen molar-refractivity contribution >= 4 is 5.91 Å². The number of rotatable bonds is 6. The van der Waals surface area contributed by atoms with E-state index < -0.39 is 0 Å². The van der Waals surface area contributed by atoms with Gasteiger partial charge in [-0.25, -0.2) is 0 Å². The molecule has 1 N–H and O–H groups in total. The van der Waals surface area contributed by atoms with Crippen molar-refractivity contribution in [2.75, 3.05) is 46.4 Å². The third kappa shape index (κ3) is 8.07. The standard InChI is InChI=1S/C31H45N3O2/c1-3-16-34-18-5-4-6-19-36-30-13-12-28(22-29(30)21-26-9-7-10-27(20-26)24-34)31(35)32-15-14-25-11-8-17-33(2)23-25/h7,9-10,12-13,20,22,25H,3-6,8,11,14-19,21,23-24H2,1-2H3,(H,32,35). The summed E-state index contributed by atoms with van der Waals surface area (Å²) in [6.07, 6.45) is 8.96. The van der Waals surface area contributed by atoms with Crippen LogP contribution >= 0.6 is 0 Å². The van der Waals surface area contributed by atoms with Crippen LogP contribution in [0.4, 0.5) is 0 Å². The summed E-state index contributed by atoms with van der Waals surface area (Å²) >= 11 is 0. The number of piperidine rings is 1. The molecule has 1 amide bonds. The zero-order valence-electron chi connectivity index (χ0n) is 22.4. The number of hydrogen-bond donors (Lipinski definition) is 1. The number of ether oxygens (including phenoxy) is 1. The molecule has 2 aromatic carbocycles. The molecule has 0 radical (unpaired) electrons. The highest BCUT2D eigenvalue weighted by atomic mass is 16.5. The molecule has 2 aliphatic rings. The van der Waals surface area contributed by atoms with Crippen molar-refractivity contribution in [1.82, 2.24) is 15.1 Å². The number of nitrogens with one attached hydrogen (secondary N) is 1. The summed E-state index contributed by atoms with van der Waals surface area (Å²) in [5, 5.41) is 3.17. The van der Waals surface area contributed by atoms with Gasteiger partial charge in [0, 0.05) is 31.6 Å². The van der Waals surface area contributed by atoms with Crippen molar-refractivity contribution in [1.29, 1.82) is 0 Å². The Balaban J connectivity index is 1.45. The van der Waals surface area contributed by atoms with E-state index in [0.717, 1.165) is 75.5 Å². The zero-order valence-corrected chi connectivity index (χ0v) is 22.4. The van der Waals surface area contributed by atoms with Crippen LogP contribution in [0.2, 0.25) is 0 Å². The number of carbonyl (C=O) groups is 1. The molecular weight excluding hydrogens is 446 g/mol. The molecule has 5 nitrogen and oxygen atoms in total. The Morgan fingerprint density at radius 3 is 2.81 bits per heavy atom. The van der Waals surface area contributed by atoms with E-state index >= 15 is 0 Å². The maximum absolute atomic E-state index is 13.0. The van der Waals surface area contributed by atoms with E-state index in [1.54, 1.807) is 0 Å². The van der Waals surface area contributed by atoms with E-state index in [2.05, 4.69) is 53.4 Å². The van der Waals surface area contributed by atoms with Crippen LogP contribution in [0, 0.1) is 5.92 Å². The average molecular weight is 492 g/mol. The number of amides is 1. The van der Waals surface area contributed by atoms with Gasteiger partial charge in [0.05, 0.1) is 6.61 Å². The lowest BCUT2D eigenvalue weighted by Crippen LogP contribution is -2.34. The predicted octanol–water partition coefficient (Wildman–Crippen LogP) is 5.51. The number of nitrogens with zero attached hydrogens (tertiary/aromatic N) is 2. The van der Waals surface area contributed by atoms with Gasteiger partial charge in [-0.15, -0.1) is 0 Å². The molecule has 2 aromatic rings. The molecule has 2 heterocycles. The maximum Gasteiger partial charge on any atom is 0.251 e. The zero-order chi connectivity index (χ0) is 25.2. The van der Waals surface area contributed by atoms with Gasteiger partial charge in [0.15, 0.2) is 0 Å². The first-order valence-corrected chi connectivity index (χ1v) is 14.1. The van der Waals surface area contributed by atoms with Crippen molar-refractivity contribution in [3.05, 3.63) is 64.7 Å². The van der Waals surface area contributed by atoms with Gasteiger partial charge >= 0.3 is 0 Å². The normalized spacial score (nSPS) is 20.1. The SMILES string of the molecule is CCCN1CCCCCOc2ccc(C(=O)NCCC3CCCN(C)C3)cc2Cc2cccc(c2)C1. The van der Waals surface area contributed by atoms with Crippen LogP contribution < -0.4 is 10.1 Å². The van der Waals surface area contributed by atoms with Gasteiger partial charge in [0.25, 0.3) is 5.91 Å². The minimum Gasteiger partial charge on any atom is -0.493 e. The Morgan fingerprint density at radius 2 is 1.94 bits per heavy atom. The fourth-order valence-corrected chi connectivity index (χ4v) is 5.70. The second-order valence-electron chi connectivity index (χ2n) is 10.8. The topological polar surface area (TPSA) is 44.8 Å². The molecule has 0 spiro atoms. The van der Waals surface area contributed by atoms with Crippen LogP contribution in [-0.4, -0.2) is 62.1 Å². The molecule has 1 saturated heterocycles. The molecule has 0 saturated carbocycles. The first-order chi connectivity index (χ1) is 17.6. The molecule has 1 fully saturated rings. The largest absolute Gasteiger partial charge is 0.493 e. The van der Waals surface area contributed by atoms with E-state index in [4.69, 9.17) is 4.74 Å². The van der Waals surface area contributed by atoms with Gasteiger partial charge in [-0.3, -0.25) is 9.69 Å². The maximum atomic E-state index is 13.0. The molecule has 4 rings (SSSR count). The summed E-state index contributed by atoms with van der Waals surface area (Å²) in [6.45, 7) is 9.34. The molecule has 1 atom stereocenters. The molecule has 2 aliphatic heterocycles. The minimum atomic E-state index is 0.0188. The molecule has 5 heteroatoms. The van der Waals surface area contributed by atoms with Crippen molar-refractivity contribution in [2.24, 2.45) is 5.92 Å². The number of benzene rings is 2. The monoisotopic (exact) mass is 491 g/mol. The minimum absolute atomic E-state index is 0.0188. The third-order valence-corrected chi connectivity index (χ3v) is 7.59. The van der Waals surface area contributed by atoms with Gasteiger partial charge in [-0.05, 0) is 112 Å². The summed E-state index contributed by atoms with van der Waals surface area (Å²) in [5.74, 6) is 1.61. The number of carbonyl (C=O) groups excluding carboxylic acids is 1. The average Bonchev–Trinajstić information content (AvgIpc) is 2.86. The molecule has 0 aliphatic carbocycles. The quantitative estimate of drug-likeness (QED) is 0.578. The van der Waals surface area contributed by atoms with Crippen LogP contribution in [0.25, 0.3) is 0 Å². The van der Waals surface area contributed by atoms with E-state index in [1.165, 1.54) is 49.8 Å². The van der Waals surface area contributed by atoms with Gasteiger partial charge in [-0.2, -0.15) is 0 Å². The third-order valence-electron chi connectivity index (χ3n) is 7.59. The second-order valence-corrected chi connectivity index (χ2v) is 10.8. The van der Waals surface area contributed by atoms with Crippen LogP contribution in [0.5, 0.6) is 5.75 Å². The number of likely N-dealkylation sites (tertiary alicyclic amines) is 1. The summed E-state index contributed by atoms with van der Waals surface area (Å²) in [4.78, 5) is 18.0. The molecular formula is C31H45N3O2. The van der Waals surface area contributed by atoms with Gasteiger partial charge < -0.3 is 15.0 Å². The number of fused-ring (bicyclic) bond motifs is 3. The molecule has 36 heavy (non-hydrogen) atoms. The Kier molecular flexibility index (Phi) is 10.2. The van der Waals surface area contributed by atoms with Crippen molar-refractivity contribution in [3.63, 3.8) is 0 Å². The molecule has 2 bridgehead atoms. The Morgan fingerprint density at radius 1 is 1.06 bits per heavy atom. The molecule has 0 aromatic heterocycles. The van der Waals surface area contributed by atoms with E-state index in [9.17, 15) is 4.79 Å². The van der Waals surface area contributed by atoms with Crippen molar-refractivity contribution in [3.8, 4) is 5.75 Å². The highest BCUT2D eigenvalue weighted by molar-refractivity contribution is 5.94. The first kappa shape index (κ1) is 26.7. The van der Waals surface area contributed by atoms with Gasteiger partial charge in [0.2, 0.25) is 0 Å². The summed E-state index contributed by atoms with van der Waals surface area (Å²) in [6, 6.07) is 14.9. The predicted molar refractivity (Wildman–Crippen MR) is 148 cm³/mol. The summed E-state index contributed by atoms with van der Waals surface area (Å²) < 4.78 is 6.23. The fourth-order valence-electron chi connectivity index (χ4n) is 5.70. The van der Waals surface area contributed by atoms with Gasteiger partial charge in [0.1, 0.15) is 5.75 Å². The van der Waals surface area contributed by atoms with Crippen LogP contribution in [0.1, 0.15) is 78.9 Å². The van der Waals surface area contributed by atoms with Gasteiger partial charge in [-0.1, -0.05) is 31.2 Å². The van der Waals surface area contributed by atoms with E-state index in [0.29, 0.717) is 5.92 Å². The fraction of sp³-hybridized carbons (Fsp3) is 0.581.